The predicted molar refractivity (Wildman–Crippen MR) is 97.4 cm³/mol. The van der Waals surface area contributed by atoms with Gasteiger partial charge in [-0.3, -0.25) is 9.59 Å². The summed E-state index contributed by atoms with van der Waals surface area (Å²) in [5, 5.41) is 7.74. The highest BCUT2D eigenvalue weighted by atomic mass is 16.5. The number of nitrogens with one attached hydrogen (secondary N) is 1. The maximum Gasteiger partial charge on any atom is 0.339 e. The van der Waals surface area contributed by atoms with E-state index in [2.05, 4.69) is 10.4 Å². The third-order valence-electron chi connectivity index (χ3n) is 3.96. The normalized spacial score (nSPS) is 10.5. The van der Waals surface area contributed by atoms with Crippen LogP contribution in [0.25, 0.3) is 10.8 Å². The summed E-state index contributed by atoms with van der Waals surface area (Å²) < 4.78 is 5.97. The van der Waals surface area contributed by atoms with Crippen molar-refractivity contribution >= 4 is 28.3 Å². The SMILES string of the molecule is CCn1nc(C(=O)Nc2ccccc2C(=O)OC)c2ccccc2c1=O. The van der Waals surface area contributed by atoms with Gasteiger partial charge >= 0.3 is 5.97 Å². The molecule has 0 unspecified atom stereocenters. The van der Waals surface area contributed by atoms with Crippen LogP contribution in [0.2, 0.25) is 0 Å². The Balaban J connectivity index is 2.09. The summed E-state index contributed by atoms with van der Waals surface area (Å²) in [4.78, 5) is 37.1. The fourth-order valence-corrected chi connectivity index (χ4v) is 2.68. The van der Waals surface area contributed by atoms with Crippen molar-refractivity contribution in [2.75, 3.05) is 12.4 Å². The van der Waals surface area contributed by atoms with Gasteiger partial charge in [0.05, 0.1) is 23.7 Å². The van der Waals surface area contributed by atoms with Gasteiger partial charge in [-0.05, 0) is 25.1 Å². The first-order valence-corrected chi connectivity index (χ1v) is 8.05. The standard InChI is InChI=1S/C19H17N3O4/c1-3-22-18(24)13-9-5-4-8-12(13)16(21-22)17(23)20-15-11-7-6-10-14(15)19(25)26-2/h4-11H,3H2,1-2H3,(H,20,23). The van der Waals surface area contributed by atoms with Crippen LogP contribution in [0.5, 0.6) is 0 Å². The molecule has 3 aromatic rings. The second-order valence-electron chi connectivity index (χ2n) is 5.51. The first-order valence-electron chi connectivity index (χ1n) is 8.05. The van der Waals surface area contributed by atoms with Gasteiger partial charge in [0.2, 0.25) is 0 Å². The van der Waals surface area contributed by atoms with E-state index in [9.17, 15) is 14.4 Å². The summed E-state index contributed by atoms with van der Waals surface area (Å²) in [7, 11) is 1.27. The monoisotopic (exact) mass is 351 g/mol. The highest BCUT2D eigenvalue weighted by molar-refractivity contribution is 6.12. The van der Waals surface area contributed by atoms with Gasteiger partial charge in [-0.25, -0.2) is 9.48 Å². The first kappa shape index (κ1) is 17.3. The quantitative estimate of drug-likeness (QED) is 0.729. The Morgan fingerprint density at radius 3 is 2.42 bits per heavy atom. The molecular formula is C19H17N3O4. The molecule has 0 saturated heterocycles. The summed E-state index contributed by atoms with van der Waals surface area (Å²) >= 11 is 0. The Labute approximate surface area is 149 Å². The molecule has 2 aromatic carbocycles. The fourth-order valence-electron chi connectivity index (χ4n) is 2.68. The zero-order valence-electron chi connectivity index (χ0n) is 14.4. The molecule has 0 radical (unpaired) electrons. The van der Waals surface area contributed by atoms with Crippen LogP contribution in [0.15, 0.2) is 53.3 Å². The molecule has 0 saturated carbocycles. The number of aryl methyl sites for hydroxylation is 1. The Hall–Kier alpha value is -3.48. The van der Waals surface area contributed by atoms with Gasteiger partial charge in [-0.15, -0.1) is 0 Å². The molecule has 7 nitrogen and oxygen atoms in total. The lowest BCUT2D eigenvalue weighted by Crippen LogP contribution is -2.27. The Kier molecular flexibility index (Phi) is 4.79. The van der Waals surface area contributed by atoms with E-state index in [1.165, 1.54) is 11.8 Å². The van der Waals surface area contributed by atoms with Crippen LogP contribution >= 0.6 is 0 Å². The Bertz CT molecular complexity index is 1060. The van der Waals surface area contributed by atoms with Crippen LogP contribution in [0.3, 0.4) is 0 Å². The largest absolute Gasteiger partial charge is 0.465 e. The number of esters is 1. The Morgan fingerprint density at radius 1 is 1.08 bits per heavy atom. The lowest BCUT2D eigenvalue weighted by Gasteiger charge is -2.12. The molecule has 0 bridgehead atoms. The molecule has 26 heavy (non-hydrogen) atoms. The highest BCUT2D eigenvalue weighted by Gasteiger charge is 2.19. The van der Waals surface area contributed by atoms with E-state index in [1.54, 1.807) is 55.5 Å². The number of rotatable bonds is 4. The van der Waals surface area contributed by atoms with E-state index in [0.717, 1.165) is 0 Å². The number of carbonyl (C=O) groups excluding carboxylic acids is 2. The molecule has 0 atom stereocenters. The molecule has 3 rings (SSSR count). The maximum absolute atomic E-state index is 12.8. The predicted octanol–water partition coefficient (Wildman–Crippen LogP) is 2.46. The summed E-state index contributed by atoms with van der Waals surface area (Å²) in [5.41, 5.74) is 0.400. The van der Waals surface area contributed by atoms with E-state index in [1.807, 2.05) is 0 Å². The molecule has 0 aliphatic carbocycles. The topological polar surface area (TPSA) is 90.3 Å². The zero-order chi connectivity index (χ0) is 18.7. The molecular weight excluding hydrogens is 334 g/mol. The maximum atomic E-state index is 12.8. The summed E-state index contributed by atoms with van der Waals surface area (Å²) in [6.45, 7) is 2.11. The van der Waals surface area contributed by atoms with Crippen molar-refractivity contribution in [1.29, 1.82) is 0 Å². The van der Waals surface area contributed by atoms with Crippen molar-refractivity contribution in [2.45, 2.75) is 13.5 Å². The second kappa shape index (κ2) is 7.18. The number of hydrogen-bond donors (Lipinski definition) is 1. The van der Waals surface area contributed by atoms with Crippen LogP contribution < -0.4 is 10.9 Å². The van der Waals surface area contributed by atoms with Crippen LogP contribution in [0.1, 0.15) is 27.8 Å². The minimum absolute atomic E-state index is 0.113. The van der Waals surface area contributed by atoms with Gasteiger partial charge in [0, 0.05) is 11.9 Å². The number of methoxy groups -OCH3 is 1. The number of anilines is 1. The number of amides is 1. The van der Waals surface area contributed by atoms with Crippen LogP contribution in [-0.4, -0.2) is 28.8 Å². The number of ether oxygens (including phenoxy) is 1. The molecule has 1 heterocycles. The number of aromatic nitrogens is 2. The molecule has 0 spiro atoms. The number of fused-ring (bicyclic) bond motifs is 1. The van der Waals surface area contributed by atoms with Gasteiger partial charge < -0.3 is 10.1 Å². The first-order chi connectivity index (χ1) is 12.6. The van der Waals surface area contributed by atoms with E-state index < -0.39 is 11.9 Å². The third kappa shape index (κ3) is 3.06. The lowest BCUT2D eigenvalue weighted by molar-refractivity contribution is 0.0602. The molecule has 7 heteroatoms. The summed E-state index contributed by atoms with van der Waals surface area (Å²) in [6.07, 6.45) is 0. The van der Waals surface area contributed by atoms with Crippen molar-refractivity contribution in [1.82, 2.24) is 9.78 Å². The van der Waals surface area contributed by atoms with Crippen LogP contribution in [-0.2, 0) is 11.3 Å². The minimum atomic E-state index is -0.558. The van der Waals surface area contributed by atoms with Crippen molar-refractivity contribution in [3.05, 3.63) is 70.1 Å². The molecule has 0 fully saturated rings. The van der Waals surface area contributed by atoms with E-state index in [0.29, 0.717) is 23.0 Å². The number of hydrogen-bond acceptors (Lipinski definition) is 5. The molecule has 0 aliphatic heterocycles. The summed E-state index contributed by atoms with van der Waals surface area (Å²) in [5.74, 6) is -1.07. The highest BCUT2D eigenvalue weighted by Crippen LogP contribution is 2.19. The Morgan fingerprint density at radius 2 is 1.73 bits per heavy atom. The van der Waals surface area contributed by atoms with Crippen LogP contribution in [0.4, 0.5) is 5.69 Å². The van der Waals surface area contributed by atoms with Gasteiger partial charge in [0.1, 0.15) is 0 Å². The lowest BCUT2D eigenvalue weighted by atomic mass is 10.1. The van der Waals surface area contributed by atoms with Crippen molar-refractivity contribution in [2.24, 2.45) is 0 Å². The zero-order valence-corrected chi connectivity index (χ0v) is 14.4. The third-order valence-corrected chi connectivity index (χ3v) is 3.96. The van der Waals surface area contributed by atoms with Crippen LogP contribution in [0, 0.1) is 0 Å². The van der Waals surface area contributed by atoms with Crippen molar-refractivity contribution < 1.29 is 14.3 Å². The number of para-hydroxylation sites is 1. The minimum Gasteiger partial charge on any atom is -0.465 e. The second-order valence-corrected chi connectivity index (χ2v) is 5.51. The number of benzene rings is 2. The molecule has 1 aromatic heterocycles. The number of nitrogens with zero attached hydrogens (tertiary/aromatic N) is 2. The van der Waals surface area contributed by atoms with Gasteiger partial charge in [0.15, 0.2) is 5.69 Å². The van der Waals surface area contributed by atoms with Gasteiger partial charge in [0.25, 0.3) is 11.5 Å². The van der Waals surface area contributed by atoms with Crippen molar-refractivity contribution in [3.8, 4) is 0 Å². The average molecular weight is 351 g/mol. The fraction of sp³-hybridized carbons (Fsp3) is 0.158. The number of carbonyl (C=O) groups is 2. The van der Waals surface area contributed by atoms with Crippen molar-refractivity contribution in [3.63, 3.8) is 0 Å². The van der Waals surface area contributed by atoms with E-state index in [4.69, 9.17) is 4.74 Å². The smallest absolute Gasteiger partial charge is 0.339 e. The van der Waals surface area contributed by atoms with Gasteiger partial charge in [-0.2, -0.15) is 5.10 Å². The average Bonchev–Trinajstić information content (AvgIpc) is 2.68. The molecule has 1 N–H and O–H groups in total. The molecule has 132 valence electrons. The molecule has 0 aliphatic rings. The van der Waals surface area contributed by atoms with E-state index in [-0.39, 0.29) is 16.8 Å². The van der Waals surface area contributed by atoms with Gasteiger partial charge in [-0.1, -0.05) is 30.3 Å². The van der Waals surface area contributed by atoms with E-state index >= 15 is 0 Å². The summed E-state index contributed by atoms with van der Waals surface area (Å²) in [6, 6.07) is 13.3. The molecule has 1 amide bonds.